The van der Waals surface area contributed by atoms with E-state index in [1.807, 2.05) is 0 Å². The van der Waals surface area contributed by atoms with E-state index in [0.717, 1.165) is 0 Å². The van der Waals surface area contributed by atoms with Crippen LogP contribution >= 0.6 is 0 Å². The Bertz CT molecular complexity index is 307. The van der Waals surface area contributed by atoms with Crippen molar-refractivity contribution in [3.8, 4) is 0 Å². The topological polar surface area (TPSA) is 115 Å². The number of nitro groups is 2. The van der Waals surface area contributed by atoms with Gasteiger partial charge in [0.15, 0.2) is 0 Å². The fourth-order valence-electron chi connectivity index (χ4n) is 1.10. The van der Waals surface area contributed by atoms with Crippen LogP contribution in [0.2, 0.25) is 0 Å². The van der Waals surface area contributed by atoms with Crippen molar-refractivity contribution in [2.75, 3.05) is 13.1 Å². The molecule has 0 unspecified atom stereocenters. The van der Waals surface area contributed by atoms with Crippen molar-refractivity contribution in [1.29, 1.82) is 0 Å². The maximum atomic E-state index is 10.2. The summed E-state index contributed by atoms with van der Waals surface area (Å²) in [7, 11) is 0. The van der Waals surface area contributed by atoms with Crippen molar-refractivity contribution in [2.24, 2.45) is 0 Å². The number of aromatic amines is 1. The highest BCUT2D eigenvalue weighted by Gasteiger charge is 2.24. The summed E-state index contributed by atoms with van der Waals surface area (Å²) < 4.78 is 0. The van der Waals surface area contributed by atoms with Crippen LogP contribution in [-0.4, -0.2) is 32.9 Å². The molecule has 0 aliphatic heterocycles. The summed E-state index contributed by atoms with van der Waals surface area (Å²) in [6, 6.07) is 0. The van der Waals surface area contributed by atoms with Gasteiger partial charge in [-0.05, 0) is 0 Å². The number of imidazole rings is 1. The van der Waals surface area contributed by atoms with Gasteiger partial charge >= 0.3 is 0 Å². The van der Waals surface area contributed by atoms with Crippen molar-refractivity contribution in [3.63, 3.8) is 0 Å². The summed E-state index contributed by atoms with van der Waals surface area (Å²) in [5, 5.41) is 20.5. The molecule has 0 aliphatic rings. The highest BCUT2D eigenvalue weighted by atomic mass is 16.6. The minimum Gasteiger partial charge on any atom is -0.348 e. The summed E-state index contributed by atoms with van der Waals surface area (Å²) >= 11 is 0. The molecule has 0 fully saturated rings. The van der Waals surface area contributed by atoms with Gasteiger partial charge in [0.25, 0.3) is 0 Å². The molecule has 0 amide bonds. The first kappa shape index (κ1) is 10.1. The zero-order chi connectivity index (χ0) is 10.6. The van der Waals surface area contributed by atoms with Crippen molar-refractivity contribution < 1.29 is 9.85 Å². The SMILES string of the molecule is O=[N+]([O-])CC(C[N+](=O)[O-])c1cnc[nH]1. The zero-order valence-corrected chi connectivity index (χ0v) is 7.12. The summed E-state index contributed by atoms with van der Waals surface area (Å²) in [5.41, 5.74) is 0.415. The van der Waals surface area contributed by atoms with Crippen LogP contribution < -0.4 is 0 Å². The second-order valence-electron chi connectivity index (χ2n) is 2.73. The van der Waals surface area contributed by atoms with Crippen molar-refractivity contribution >= 4 is 0 Å². The fraction of sp³-hybridized carbons (Fsp3) is 0.500. The normalized spacial score (nSPS) is 10.4. The van der Waals surface area contributed by atoms with Crippen molar-refractivity contribution in [1.82, 2.24) is 9.97 Å². The Kier molecular flexibility index (Phi) is 3.10. The Morgan fingerprint density at radius 1 is 1.36 bits per heavy atom. The van der Waals surface area contributed by atoms with Crippen LogP contribution in [0.3, 0.4) is 0 Å². The lowest BCUT2D eigenvalue weighted by Crippen LogP contribution is -2.21. The summed E-state index contributed by atoms with van der Waals surface area (Å²) in [6.45, 7) is -0.938. The number of hydrogen-bond donors (Lipinski definition) is 1. The third-order valence-electron chi connectivity index (χ3n) is 1.70. The third-order valence-corrected chi connectivity index (χ3v) is 1.70. The molecule has 1 heterocycles. The molecule has 1 aromatic rings. The number of nitrogens with one attached hydrogen (secondary N) is 1. The Labute approximate surface area is 78.3 Å². The molecule has 14 heavy (non-hydrogen) atoms. The standard InChI is InChI=1S/C6H8N4O4/c11-9(12)2-5(3-10(13)14)6-1-7-4-8-6/h1,4-5H,2-3H2,(H,7,8). The minimum atomic E-state index is -0.748. The van der Waals surface area contributed by atoms with E-state index in [1.165, 1.54) is 12.5 Å². The van der Waals surface area contributed by atoms with Gasteiger partial charge in [0.1, 0.15) is 5.92 Å². The molecule has 0 radical (unpaired) electrons. The monoisotopic (exact) mass is 200 g/mol. The van der Waals surface area contributed by atoms with Crippen molar-refractivity contribution in [3.05, 3.63) is 38.4 Å². The molecule has 8 nitrogen and oxygen atoms in total. The lowest BCUT2D eigenvalue weighted by Gasteiger charge is -2.04. The van der Waals surface area contributed by atoms with E-state index < -0.39 is 28.9 Å². The molecule has 0 aromatic carbocycles. The predicted octanol–water partition coefficient (Wildman–Crippen LogP) is 0.0467. The molecule has 0 atom stereocenters. The van der Waals surface area contributed by atoms with Gasteiger partial charge in [-0.2, -0.15) is 0 Å². The average molecular weight is 200 g/mol. The summed E-state index contributed by atoms with van der Waals surface area (Å²) in [6.07, 6.45) is 2.69. The number of rotatable bonds is 5. The minimum absolute atomic E-state index is 0.415. The van der Waals surface area contributed by atoms with E-state index in [9.17, 15) is 20.2 Å². The van der Waals surface area contributed by atoms with Crippen LogP contribution in [0.5, 0.6) is 0 Å². The smallest absolute Gasteiger partial charge is 0.218 e. The summed E-state index contributed by atoms with van der Waals surface area (Å²) in [5.74, 6) is -0.748. The second-order valence-corrected chi connectivity index (χ2v) is 2.73. The largest absolute Gasteiger partial charge is 0.348 e. The van der Waals surface area contributed by atoms with E-state index >= 15 is 0 Å². The average Bonchev–Trinajstić information content (AvgIpc) is 2.52. The van der Waals surface area contributed by atoms with Gasteiger partial charge < -0.3 is 4.98 Å². The maximum absolute atomic E-state index is 10.2. The van der Waals surface area contributed by atoms with E-state index in [1.54, 1.807) is 0 Å². The van der Waals surface area contributed by atoms with Gasteiger partial charge in [0.05, 0.1) is 12.0 Å². The van der Waals surface area contributed by atoms with Gasteiger partial charge in [0, 0.05) is 16.0 Å². The molecule has 0 bridgehead atoms. The van der Waals surface area contributed by atoms with E-state index in [0.29, 0.717) is 5.69 Å². The number of aromatic nitrogens is 2. The van der Waals surface area contributed by atoms with E-state index in [2.05, 4.69) is 9.97 Å². The van der Waals surface area contributed by atoms with Crippen LogP contribution in [0, 0.1) is 20.2 Å². The van der Waals surface area contributed by atoms with E-state index in [-0.39, 0.29) is 0 Å². The Hall–Kier alpha value is -1.99. The van der Waals surface area contributed by atoms with E-state index in [4.69, 9.17) is 0 Å². The molecule has 8 heteroatoms. The van der Waals surface area contributed by atoms with Crippen LogP contribution in [-0.2, 0) is 0 Å². The Balaban J connectivity index is 2.71. The summed E-state index contributed by atoms with van der Waals surface area (Å²) in [4.78, 5) is 25.6. The zero-order valence-electron chi connectivity index (χ0n) is 7.12. The maximum Gasteiger partial charge on any atom is 0.218 e. The van der Waals surface area contributed by atoms with Gasteiger partial charge in [-0.25, -0.2) is 4.98 Å². The molecular formula is C6H8N4O4. The van der Waals surface area contributed by atoms with Crippen LogP contribution in [0.4, 0.5) is 0 Å². The van der Waals surface area contributed by atoms with Crippen LogP contribution in [0.15, 0.2) is 12.5 Å². The number of nitrogens with zero attached hydrogens (tertiary/aromatic N) is 3. The first-order valence-electron chi connectivity index (χ1n) is 3.81. The van der Waals surface area contributed by atoms with Crippen LogP contribution in [0.1, 0.15) is 11.6 Å². The first-order chi connectivity index (χ1) is 6.59. The van der Waals surface area contributed by atoms with Gasteiger partial charge in [-0.1, -0.05) is 0 Å². The molecule has 0 aliphatic carbocycles. The van der Waals surface area contributed by atoms with Gasteiger partial charge in [-0.3, -0.25) is 20.2 Å². The molecular weight excluding hydrogens is 192 g/mol. The highest BCUT2D eigenvalue weighted by Crippen LogP contribution is 2.12. The van der Waals surface area contributed by atoms with Crippen LogP contribution in [0.25, 0.3) is 0 Å². The second kappa shape index (κ2) is 4.30. The predicted molar refractivity (Wildman–Crippen MR) is 45.1 cm³/mol. The number of hydrogen-bond acceptors (Lipinski definition) is 5. The lowest BCUT2D eigenvalue weighted by molar-refractivity contribution is -0.516. The van der Waals surface area contributed by atoms with Gasteiger partial charge in [0.2, 0.25) is 13.1 Å². The molecule has 1 aromatic heterocycles. The molecule has 76 valence electrons. The Morgan fingerprint density at radius 3 is 2.29 bits per heavy atom. The van der Waals surface area contributed by atoms with Gasteiger partial charge in [-0.15, -0.1) is 0 Å². The number of H-pyrrole nitrogens is 1. The lowest BCUT2D eigenvalue weighted by atomic mass is 10.1. The molecule has 1 N–H and O–H groups in total. The van der Waals surface area contributed by atoms with Crippen molar-refractivity contribution in [2.45, 2.75) is 5.92 Å². The molecule has 0 saturated heterocycles. The quantitative estimate of drug-likeness (QED) is 0.532. The highest BCUT2D eigenvalue weighted by molar-refractivity contribution is 5.03. The molecule has 0 saturated carbocycles. The molecule has 1 rings (SSSR count). The molecule has 0 spiro atoms. The third kappa shape index (κ3) is 2.81. The first-order valence-corrected chi connectivity index (χ1v) is 3.81. The fourth-order valence-corrected chi connectivity index (χ4v) is 1.10. The Morgan fingerprint density at radius 2 is 1.93 bits per heavy atom.